The summed E-state index contributed by atoms with van der Waals surface area (Å²) in [5.74, 6) is -0.606. The topological polar surface area (TPSA) is 55.2 Å². The van der Waals surface area contributed by atoms with E-state index in [1.807, 2.05) is 13.0 Å². The molecule has 0 N–H and O–H groups in total. The van der Waals surface area contributed by atoms with Gasteiger partial charge in [-0.05, 0) is 37.3 Å². The van der Waals surface area contributed by atoms with Crippen molar-refractivity contribution in [3.05, 3.63) is 67.6 Å². The second kappa shape index (κ2) is 9.28. The zero-order chi connectivity index (χ0) is 21.1. The number of carbonyl (C=O) groups excluding carboxylic acids is 1. The average Bonchev–Trinajstić information content (AvgIpc) is 2.69. The van der Waals surface area contributed by atoms with E-state index >= 15 is 0 Å². The summed E-state index contributed by atoms with van der Waals surface area (Å²) in [7, 11) is 1.59. The van der Waals surface area contributed by atoms with E-state index in [9.17, 15) is 14.0 Å². The Labute approximate surface area is 185 Å². The maximum absolute atomic E-state index is 14.0. The van der Waals surface area contributed by atoms with E-state index in [4.69, 9.17) is 11.6 Å². The summed E-state index contributed by atoms with van der Waals surface area (Å²) >= 11 is 10.6. The highest BCUT2D eigenvalue weighted by atomic mass is 79.9. The second-order valence-electron chi connectivity index (χ2n) is 6.34. The summed E-state index contributed by atoms with van der Waals surface area (Å²) in [6.07, 6.45) is 0. The molecule has 3 aromatic rings. The monoisotopic (exact) mass is 497 g/mol. The van der Waals surface area contributed by atoms with Gasteiger partial charge in [0.25, 0.3) is 5.56 Å². The Balaban J connectivity index is 1.78. The number of benzene rings is 2. The summed E-state index contributed by atoms with van der Waals surface area (Å²) < 4.78 is 16.3. The molecular formula is C20H18BrClFN3O2S. The first kappa shape index (κ1) is 21.8. The molecule has 1 aromatic heterocycles. The Kier molecular flexibility index (Phi) is 6.97. The van der Waals surface area contributed by atoms with Crippen molar-refractivity contribution in [1.82, 2.24) is 14.5 Å². The first-order valence-electron chi connectivity index (χ1n) is 8.81. The molecule has 1 amide bonds. The van der Waals surface area contributed by atoms with Crippen LogP contribution in [0, 0.1) is 5.82 Å². The number of hydrogen-bond acceptors (Lipinski definition) is 4. The molecule has 0 aliphatic heterocycles. The molecule has 0 unspecified atom stereocenters. The smallest absolute Gasteiger partial charge is 0.262 e. The maximum Gasteiger partial charge on any atom is 0.262 e. The molecule has 9 heteroatoms. The van der Waals surface area contributed by atoms with Gasteiger partial charge in [0.05, 0.1) is 16.7 Å². The minimum atomic E-state index is -0.452. The van der Waals surface area contributed by atoms with E-state index in [1.54, 1.807) is 29.8 Å². The van der Waals surface area contributed by atoms with E-state index in [0.29, 0.717) is 22.6 Å². The molecule has 3 rings (SSSR count). The van der Waals surface area contributed by atoms with Crippen LogP contribution in [0.15, 0.2) is 50.8 Å². The molecule has 0 fully saturated rings. The van der Waals surface area contributed by atoms with Crippen molar-refractivity contribution in [2.45, 2.75) is 25.2 Å². The average molecular weight is 499 g/mol. The minimum Gasteiger partial charge on any atom is -0.341 e. The Hall–Kier alpha value is -1.90. The lowest BCUT2D eigenvalue weighted by Gasteiger charge is -2.19. The van der Waals surface area contributed by atoms with Crippen LogP contribution < -0.4 is 5.56 Å². The van der Waals surface area contributed by atoms with Crippen molar-refractivity contribution in [2.24, 2.45) is 0 Å². The summed E-state index contributed by atoms with van der Waals surface area (Å²) in [6.45, 7) is 2.35. The molecule has 29 heavy (non-hydrogen) atoms. The van der Waals surface area contributed by atoms with Gasteiger partial charge in [-0.3, -0.25) is 14.2 Å². The molecule has 152 valence electrons. The molecule has 0 aliphatic carbocycles. The number of fused-ring (bicyclic) bond motifs is 1. The fraction of sp³-hybridized carbons (Fsp3) is 0.250. The van der Waals surface area contributed by atoms with Crippen LogP contribution in [0.5, 0.6) is 0 Å². The van der Waals surface area contributed by atoms with E-state index in [-0.39, 0.29) is 34.4 Å². The molecule has 0 radical (unpaired) electrons. The standard InChI is InChI=1S/C20H18BrClFN3O2S/c1-3-26-19(28)13-9-12(21)7-8-17(13)24-20(26)29-11-18(27)25(2)10-14-15(22)5-4-6-16(14)23/h4-9H,3,10-11H2,1-2H3. The highest BCUT2D eigenvalue weighted by Gasteiger charge is 2.17. The molecule has 2 aromatic carbocycles. The van der Waals surface area contributed by atoms with Gasteiger partial charge < -0.3 is 4.90 Å². The van der Waals surface area contributed by atoms with E-state index in [1.165, 1.54) is 28.8 Å². The summed E-state index contributed by atoms with van der Waals surface area (Å²) in [4.78, 5) is 31.3. The third-order valence-corrected chi connectivity index (χ3v) is 6.21. The van der Waals surface area contributed by atoms with Crippen molar-refractivity contribution in [3.63, 3.8) is 0 Å². The fourth-order valence-electron chi connectivity index (χ4n) is 2.81. The quantitative estimate of drug-likeness (QED) is 0.364. The van der Waals surface area contributed by atoms with Crippen LogP contribution in [0.25, 0.3) is 10.9 Å². The molecular weight excluding hydrogens is 481 g/mol. The predicted octanol–water partition coefficient (Wildman–Crippen LogP) is 4.72. The number of amides is 1. The van der Waals surface area contributed by atoms with Gasteiger partial charge in [0, 0.05) is 35.2 Å². The van der Waals surface area contributed by atoms with Gasteiger partial charge in [-0.2, -0.15) is 0 Å². The lowest BCUT2D eigenvalue weighted by atomic mass is 10.2. The van der Waals surface area contributed by atoms with Crippen molar-refractivity contribution in [3.8, 4) is 0 Å². The lowest BCUT2D eigenvalue weighted by Crippen LogP contribution is -2.29. The van der Waals surface area contributed by atoms with Crippen LogP contribution in [0.1, 0.15) is 12.5 Å². The first-order valence-corrected chi connectivity index (χ1v) is 11.0. The Morgan fingerprint density at radius 3 is 2.79 bits per heavy atom. The Bertz CT molecular complexity index is 1120. The largest absolute Gasteiger partial charge is 0.341 e. The van der Waals surface area contributed by atoms with E-state index in [2.05, 4.69) is 20.9 Å². The molecule has 0 aliphatic rings. The predicted molar refractivity (Wildman–Crippen MR) is 118 cm³/mol. The number of hydrogen-bond donors (Lipinski definition) is 0. The number of nitrogens with zero attached hydrogens (tertiary/aromatic N) is 3. The Morgan fingerprint density at radius 2 is 2.10 bits per heavy atom. The number of thioether (sulfide) groups is 1. The molecule has 0 spiro atoms. The summed E-state index contributed by atoms with van der Waals surface area (Å²) in [5.41, 5.74) is 0.694. The van der Waals surface area contributed by atoms with Gasteiger partial charge in [-0.1, -0.05) is 45.4 Å². The van der Waals surface area contributed by atoms with Crippen LogP contribution in [0.4, 0.5) is 4.39 Å². The van der Waals surface area contributed by atoms with E-state index < -0.39 is 5.82 Å². The molecule has 0 saturated carbocycles. The third-order valence-electron chi connectivity index (χ3n) is 4.40. The van der Waals surface area contributed by atoms with Crippen molar-refractivity contribution in [2.75, 3.05) is 12.8 Å². The van der Waals surface area contributed by atoms with Gasteiger partial charge in [0.15, 0.2) is 5.16 Å². The Morgan fingerprint density at radius 1 is 1.34 bits per heavy atom. The normalized spacial score (nSPS) is 11.1. The van der Waals surface area contributed by atoms with Gasteiger partial charge in [0.2, 0.25) is 5.91 Å². The first-order chi connectivity index (χ1) is 13.8. The maximum atomic E-state index is 14.0. The number of carbonyl (C=O) groups is 1. The van der Waals surface area contributed by atoms with Gasteiger partial charge in [-0.15, -0.1) is 0 Å². The molecule has 1 heterocycles. The van der Waals surface area contributed by atoms with Crippen molar-refractivity contribution >= 4 is 56.1 Å². The SMILES string of the molecule is CCn1c(SCC(=O)N(C)Cc2c(F)cccc2Cl)nc2ccc(Br)cc2c1=O. The minimum absolute atomic E-state index is 0.0602. The third kappa shape index (κ3) is 4.82. The van der Waals surface area contributed by atoms with Crippen molar-refractivity contribution < 1.29 is 9.18 Å². The molecule has 5 nitrogen and oxygen atoms in total. The molecule has 0 bridgehead atoms. The van der Waals surface area contributed by atoms with Crippen molar-refractivity contribution in [1.29, 1.82) is 0 Å². The zero-order valence-electron chi connectivity index (χ0n) is 15.8. The molecule has 0 atom stereocenters. The highest BCUT2D eigenvalue weighted by Crippen LogP contribution is 2.23. The van der Waals surface area contributed by atoms with E-state index in [0.717, 1.165) is 4.47 Å². The summed E-state index contributed by atoms with van der Waals surface area (Å²) in [6, 6.07) is 9.74. The molecule has 0 saturated heterocycles. The fourth-order valence-corrected chi connectivity index (χ4v) is 4.39. The zero-order valence-corrected chi connectivity index (χ0v) is 18.9. The van der Waals surface area contributed by atoms with Crippen LogP contribution in [0.3, 0.4) is 0 Å². The van der Waals surface area contributed by atoms with Gasteiger partial charge in [0.1, 0.15) is 5.82 Å². The second-order valence-corrected chi connectivity index (χ2v) is 8.61. The highest BCUT2D eigenvalue weighted by molar-refractivity contribution is 9.10. The van der Waals surface area contributed by atoms with Gasteiger partial charge >= 0.3 is 0 Å². The number of aromatic nitrogens is 2. The van der Waals surface area contributed by atoms with Crippen LogP contribution in [-0.2, 0) is 17.9 Å². The lowest BCUT2D eigenvalue weighted by molar-refractivity contribution is -0.127. The number of rotatable bonds is 6. The van der Waals surface area contributed by atoms with Crippen LogP contribution in [-0.4, -0.2) is 33.2 Å². The number of halogens is 3. The summed E-state index contributed by atoms with van der Waals surface area (Å²) in [5, 5.41) is 1.26. The van der Waals surface area contributed by atoms with Crippen LogP contribution >= 0.6 is 39.3 Å². The van der Waals surface area contributed by atoms with Gasteiger partial charge in [-0.25, -0.2) is 9.37 Å². The van der Waals surface area contributed by atoms with Crippen LogP contribution in [0.2, 0.25) is 5.02 Å².